The van der Waals surface area contributed by atoms with Crippen molar-refractivity contribution >= 4 is 0 Å². The molecule has 0 fully saturated rings. The summed E-state index contributed by atoms with van der Waals surface area (Å²) in [6, 6.07) is 20.2. The largest absolute Gasteiger partial charge is 0.332 e. The summed E-state index contributed by atoms with van der Waals surface area (Å²) in [5, 5.41) is 8.69. The summed E-state index contributed by atoms with van der Waals surface area (Å²) in [6.45, 7) is 4.83. The van der Waals surface area contributed by atoms with E-state index in [-0.39, 0.29) is 0 Å². The standard InChI is InChI=1S/C20H18N4O/c1-14-8-10-16(11-9-14)13-24-15(2)12-18(22-24)20-21-19(23-25-20)17-6-4-3-5-7-17/h3-12H,13H2,1-2H3. The van der Waals surface area contributed by atoms with Gasteiger partial charge in [0, 0.05) is 11.3 Å². The van der Waals surface area contributed by atoms with Crippen molar-refractivity contribution in [2.24, 2.45) is 0 Å². The number of benzene rings is 2. The van der Waals surface area contributed by atoms with E-state index in [0.29, 0.717) is 24.0 Å². The Morgan fingerprint density at radius 3 is 2.48 bits per heavy atom. The Morgan fingerprint density at radius 1 is 0.960 bits per heavy atom. The molecule has 0 saturated carbocycles. The van der Waals surface area contributed by atoms with Crippen LogP contribution >= 0.6 is 0 Å². The zero-order chi connectivity index (χ0) is 17.2. The molecule has 0 unspecified atom stereocenters. The lowest BCUT2D eigenvalue weighted by Gasteiger charge is -2.04. The summed E-state index contributed by atoms with van der Waals surface area (Å²) in [7, 11) is 0. The first-order valence-electron chi connectivity index (χ1n) is 8.18. The van der Waals surface area contributed by atoms with Gasteiger partial charge in [-0.25, -0.2) is 0 Å². The van der Waals surface area contributed by atoms with Crippen LogP contribution in [0.3, 0.4) is 0 Å². The summed E-state index contributed by atoms with van der Waals surface area (Å²) >= 11 is 0. The fourth-order valence-corrected chi connectivity index (χ4v) is 2.67. The van der Waals surface area contributed by atoms with E-state index in [2.05, 4.69) is 46.4 Å². The van der Waals surface area contributed by atoms with E-state index >= 15 is 0 Å². The molecule has 0 aliphatic carbocycles. The lowest BCUT2D eigenvalue weighted by atomic mass is 10.1. The van der Waals surface area contributed by atoms with E-state index in [1.165, 1.54) is 11.1 Å². The molecule has 0 N–H and O–H groups in total. The molecule has 4 rings (SSSR count). The van der Waals surface area contributed by atoms with Crippen LogP contribution in [0.5, 0.6) is 0 Å². The maximum Gasteiger partial charge on any atom is 0.278 e. The molecule has 2 aromatic carbocycles. The Kier molecular flexibility index (Phi) is 3.90. The monoisotopic (exact) mass is 330 g/mol. The zero-order valence-electron chi connectivity index (χ0n) is 14.2. The van der Waals surface area contributed by atoms with Crippen molar-refractivity contribution in [3.8, 4) is 23.0 Å². The summed E-state index contributed by atoms with van der Waals surface area (Å²) in [4.78, 5) is 4.47. The third kappa shape index (κ3) is 3.21. The summed E-state index contributed by atoms with van der Waals surface area (Å²) < 4.78 is 7.35. The van der Waals surface area contributed by atoms with Crippen LogP contribution in [0.2, 0.25) is 0 Å². The minimum absolute atomic E-state index is 0.435. The highest BCUT2D eigenvalue weighted by Gasteiger charge is 2.15. The predicted molar refractivity (Wildman–Crippen MR) is 96.0 cm³/mol. The smallest absolute Gasteiger partial charge is 0.278 e. The molecule has 2 aromatic heterocycles. The highest BCUT2D eigenvalue weighted by molar-refractivity contribution is 5.57. The molecule has 4 aromatic rings. The summed E-state index contributed by atoms with van der Waals surface area (Å²) in [5.41, 5.74) is 5.13. The van der Waals surface area contributed by atoms with Crippen LogP contribution in [0.4, 0.5) is 0 Å². The molecular formula is C20H18N4O. The summed E-state index contributed by atoms with van der Waals surface area (Å²) in [5.74, 6) is 1.01. The van der Waals surface area contributed by atoms with E-state index < -0.39 is 0 Å². The molecule has 25 heavy (non-hydrogen) atoms. The van der Waals surface area contributed by atoms with Gasteiger partial charge in [-0.05, 0) is 25.5 Å². The number of hydrogen-bond donors (Lipinski definition) is 0. The van der Waals surface area contributed by atoms with Crippen LogP contribution in [-0.4, -0.2) is 19.9 Å². The van der Waals surface area contributed by atoms with Crippen LogP contribution in [0.1, 0.15) is 16.8 Å². The van der Waals surface area contributed by atoms with Crippen LogP contribution < -0.4 is 0 Å². The third-order valence-corrected chi connectivity index (χ3v) is 4.11. The number of aromatic nitrogens is 4. The molecule has 124 valence electrons. The van der Waals surface area contributed by atoms with E-state index in [9.17, 15) is 0 Å². The van der Waals surface area contributed by atoms with Gasteiger partial charge in [0.15, 0.2) is 5.69 Å². The lowest BCUT2D eigenvalue weighted by molar-refractivity contribution is 0.430. The molecule has 0 spiro atoms. The quantitative estimate of drug-likeness (QED) is 0.561. The highest BCUT2D eigenvalue weighted by atomic mass is 16.5. The van der Waals surface area contributed by atoms with Gasteiger partial charge in [-0.15, -0.1) is 0 Å². The fraction of sp³-hybridized carbons (Fsp3) is 0.150. The van der Waals surface area contributed by atoms with Gasteiger partial charge in [-0.3, -0.25) is 4.68 Å². The van der Waals surface area contributed by atoms with Crippen molar-refractivity contribution in [1.82, 2.24) is 19.9 Å². The Balaban J connectivity index is 1.60. The molecule has 0 bridgehead atoms. The molecule has 0 radical (unpaired) electrons. The van der Waals surface area contributed by atoms with Crippen molar-refractivity contribution in [3.63, 3.8) is 0 Å². The van der Waals surface area contributed by atoms with Crippen LogP contribution in [0.25, 0.3) is 23.0 Å². The van der Waals surface area contributed by atoms with Gasteiger partial charge in [0.2, 0.25) is 5.82 Å². The molecule has 0 atom stereocenters. The van der Waals surface area contributed by atoms with Gasteiger partial charge in [-0.1, -0.05) is 65.3 Å². The van der Waals surface area contributed by atoms with Crippen molar-refractivity contribution in [3.05, 3.63) is 77.5 Å². The average Bonchev–Trinajstić information content (AvgIpc) is 3.25. The second kappa shape index (κ2) is 6.36. The number of hydrogen-bond acceptors (Lipinski definition) is 4. The highest BCUT2D eigenvalue weighted by Crippen LogP contribution is 2.22. The molecule has 0 saturated heterocycles. The minimum atomic E-state index is 0.435. The first kappa shape index (κ1) is 15.3. The minimum Gasteiger partial charge on any atom is -0.332 e. The zero-order valence-corrected chi connectivity index (χ0v) is 14.2. The first-order chi connectivity index (χ1) is 12.2. The molecule has 0 aliphatic heterocycles. The van der Waals surface area contributed by atoms with E-state index in [1.807, 2.05) is 48.0 Å². The van der Waals surface area contributed by atoms with Crippen LogP contribution in [-0.2, 0) is 6.54 Å². The van der Waals surface area contributed by atoms with E-state index in [1.54, 1.807) is 0 Å². The SMILES string of the molecule is Cc1ccc(Cn2nc(-c3nc(-c4ccccc4)no3)cc2C)cc1. The topological polar surface area (TPSA) is 56.7 Å². The number of nitrogens with zero attached hydrogens (tertiary/aromatic N) is 4. The molecule has 0 aliphatic rings. The molecule has 0 amide bonds. The normalized spacial score (nSPS) is 11.0. The number of rotatable bonds is 4. The Bertz CT molecular complexity index is 984. The molecule has 2 heterocycles. The van der Waals surface area contributed by atoms with E-state index in [4.69, 9.17) is 4.52 Å². The molecule has 5 nitrogen and oxygen atoms in total. The van der Waals surface area contributed by atoms with Crippen LogP contribution in [0.15, 0.2) is 65.2 Å². The van der Waals surface area contributed by atoms with Gasteiger partial charge < -0.3 is 4.52 Å². The summed E-state index contributed by atoms with van der Waals surface area (Å²) in [6.07, 6.45) is 0. The van der Waals surface area contributed by atoms with Gasteiger partial charge in [-0.2, -0.15) is 10.1 Å². The van der Waals surface area contributed by atoms with Gasteiger partial charge >= 0.3 is 0 Å². The maximum absolute atomic E-state index is 5.40. The second-order valence-electron chi connectivity index (χ2n) is 6.10. The lowest BCUT2D eigenvalue weighted by Crippen LogP contribution is -2.03. The predicted octanol–water partition coefficient (Wildman–Crippen LogP) is 4.27. The number of aryl methyl sites for hydroxylation is 2. The van der Waals surface area contributed by atoms with Gasteiger partial charge in [0.1, 0.15) is 0 Å². The molecular weight excluding hydrogens is 312 g/mol. The van der Waals surface area contributed by atoms with Gasteiger partial charge in [0.25, 0.3) is 5.89 Å². The van der Waals surface area contributed by atoms with Crippen molar-refractivity contribution in [2.75, 3.05) is 0 Å². The van der Waals surface area contributed by atoms with E-state index in [0.717, 1.165) is 11.3 Å². The van der Waals surface area contributed by atoms with Crippen molar-refractivity contribution < 1.29 is 4.52 Å². The Labute approximate surface area is 145 Å². The van der Waals surface area contributed by atoms with Crippen LogP contribution in [0, 0.1) is 13.8 Å². The maximum atomic E-state index is 5.40. The van der Waals surface area contributed by atoms with Crippen molar-refractivity contribution in [1.29, 1.82) is 0 Å². The average molecular weight is 330 g/mol. The molecule has 5 heteroatoms. The second-order valence-corrected chi connectivity index (χ2v) is 6.10. The Morgan fingerprint density at radius 2 is 1.72 bits per heavy atom. The van der Waals surface area contributed by atoms with Crippen molar-refractivity contribution in [2.45, 2.75) is 20.4 Å². The first-order valence-corrected chi connectivity index (χ1v) is 8.18. The Hall–Kier alpha value is -3.21. The third-order valence-electron chi connectivity index (χ3n) is 4.11. The van der Waals surface area contributed by atoms with Gasteiger partial charge in [0.05, 0.1) is 6.54 Å². The fourth-order valence-electron chi connectivity index (χ4n) is 2.67.